The molecule has 1 fully saturated rings. The van der Waals surface area contributed by atoms with Crippen molar-refractivity contribution >= 4 is 24.5 Å². The van der Waals surface area contributed by atoms with Crippen LogP contribution in [0.25, 0.3) is 0 Å². The number of aldehydes is 1. The average molecular weight is 824 g/mol. The van der Waals surface area contributed by atoms with Gasteiger partial charge in [-0.05, 0) is 128 Å². The van der Waals surface area contributed by atoms with Gasteiger partial charge in [0.1, 0.15) is 31.5 Å². The van der Waals surface area contributed by atoms with Crippen molar-refractivity contribution in [2.75, 3.05) is 34.5 Å². The molecule has 0 aromatic carbocycles. The molecule has 0 saturated heterocycles. The van der Waals surface area contributed by atoms with Crippen LogP contribution in [0, 0.1) is 16.7 Å². The number of hydrogen-bond donors (Lipinski definition) is 10. The smallest absolute Gasteiger partial charge is 0.326 e. The molecule has 7 atom stereocenters. The summed E-state index contributed by atoms with van der Waals surface area (Å²) in [6, 6.07) is -0.862. The highest BCUT2D eigenvalue weighted by atomic mass is 16.6. The molecule has 1 saturated carbocycles. The van der Waals surface area contributed by atoms with Gasteiger partial charge in [-0.2, -0.15) is 0 Å². The van der Waals surface area contributed by atoms with Gasteiger partial charge in [-0.3, -0.25) is 15.5 Å². The number of aliphatic carboxylic acids is 1. The lowest BCUT2D eigenvalue weighted by atomic mass is 9.88. The van der Waals surface area contributed by atoms with Crippen LogP contribution < -0.4 is 21.7 Å². The van der Waals surface area contributed by atoms with Crippen molar-refractivity contribution < 1.29 is 49.4 Å². The Morgan fingerprint density at radius 1 is 1.02 bits per heavy atom. The minimum absolute atomic E-state index is 0.00397. The number of methoxy groups -OCH3 is 1. The van der Waals surface area contributed by atoms with Gasteiger partial charge in [-0.25, -0.2) is 4.79 Å². The van der Waals surface area contributed by atoms with E-state index >= 15 is 0 Å². The molecule has 15 heteroatoms. The predicted molar refractivity (Wildman–Crippen MR) is 229 cm³/mol. The Morgan fingerprint density at radius 2 is 1.67 bits per heavy atom. The van der Waals surface area contributed by atoms with Gasteiger partial charge in [0.05, 0.1) is 24.7 Å². The standard InChI is InChI=1S/C31H53N3O7.C11H20O3.CH4N2/c1-32-22-14-12-16-26(30(38)39)34-28(37)17-10-8-6-4-5-7-9-15-25(36)23-27(40-3)31(20-21-31)19-13-11-18-29(33-2)41-24-35;1-8(4-5-11(14)7-12)6-9(2)10(3)13;2-1-3/h4,6-8,10,15,25-27,29,32-33,35-36H,5,11-14,16-24H2,1-3H3,(H,34,37)(H,38,39);7,9-11,13-14H,1,4-6H2,2-3H3;1H,(H3,2,3)/b6-4+,10-8+;;/t9?,25-,26+,27-,29?;9-,10?,11?;/m11./s1. The van der Waals surface area contributed by atoms with Crippen LogP contribution in [-0.2, 0) is 23.9 Å². The van der Waals surface area contributed by atoms with Crippen LogP contribution in [0.5, 0.6) is 0 Å². The first-order valence-electron chi connectivity index (χ1n) is 20.4. The molecular weight excluding hydrogens is 746 g/mol. The van der Waals surface area contributed by atoms with Gasteiger partial charge in [-0.15, -0.1) is 5.73 Å². The molecule has 0 aromatic rings. The number of amides is 1. The minimum atomic E-state index is -1.01. The largest absolute Gasteiger partial charge is 0.480 e. The average Bonchev–Trinajstić information content (AvgIpc) is 3.98. The Balaban J connectivity index is 0. The molecule has 58 heavy (non-hydrogen) atoms. The molecule has 1 aliphatic rings. The van der Waals surface area contributed by atoms with Gasteiger partial charge in [0, 0.05) is 20.0 Å². The first-order chi connectivity index (χ1) is 27.7. The molecule has 11 N–H and O–H groups in total. The number of carboxylic acid groups (broad SMARTS) is 1. The van der Waals surface area contributed by atoms with Crippen LogP contribution in [0.3, 0.4) is 0 Å². The van der Waals surface area contributed by atoms with E-state index in [1.54, 1.807) is 32.3 Å². The number of unbranched alkanes of at least 4 members (excludes halogenated alkanes) is 2. The van der Waals surface area contributed by atoms with Crippen molar-refractivity contribution in [2.45, 2.75) is 147 Å². The first kappa shape index (κ1) is 56.6. The summed E-state index contributed by atoms with van der Waals surface area (Å²) in [4.78, 5) is 33.5. The van der Waals surface area contributed by atoms with E-state index in [1.807, 2.05) is 39.2 Å². The summed E-state index contributed by atoms with van der Waals surface area (Å²) < 4.78 is 11.0. The Morgan fingerprint density at radius 3 is 2.22 bits per heavy atom. The molecule has 0 aromatic heterocycles. The molecule has 0 heterocycles. The Labute approximate surface area is 347 Å². The number of aliphatic hydroxyl groups excluding tert-OH is 4. The second-order valence-corrected chi connectivity index (χ2v) is 14.7. The number of aliphatic hydroxyl groups is 4. The van der Waals surface area contributed by atoms with Crippen molar-refractivity contribution in [1.29, 1.82) is 5.41 Å². The van der Waals surface area contributed by atoms with Crippen molar-refractivity contribution in [3.05, 3.63) is 54.3 Å². The monoisotopic (exact) mass is 824 g/mol. The zero-order valence-corrected chi connectivity index (χ0v) is 35.7. The number of carboxylic acids is 1. The number of carbonyl (C=O) groups is 3. The van der Waals surface area contributed by atoms with E-state index in [1.165, 1.54) is 0 Å². The molecule has 1 aliphatic carbocycles. The van der Waals surface area contributed by atoms with Crippen LogP contribution in [-0.4, -0.2) is 121 Å². The molecule has 0 radical (unpaired) electrons. The van der Waals surface area contributed by atoms with Gasteiger partial charge < -0.3 is 56.2 Å². The fourth-order valence-electron chi connectivity index (χ4n) is 6.02. The zero-order chi connectivity index (χ0) is 44.2. The molecule has 0 aliphatic heterocycles. The highest BCUT2D eigenvalue weighted by Gasteiger charge is 2.49. The maximum Gasteiger partial charge on any atom is 0.326 e. The van der Waals surface area contributed by atoms with Crippen LogP contribution in [0.15, 0.2) is 54.3 Å². The number of allylic oxidation sites excluding steroid dienone is 4. The molecule has 15 nitrogen and oxygen atoms in total. The van der Waals surface area contributed by atoms with Crippen LogP contribution in [0.4, 0.5) is 0 Å². The van der Waals surface area contributed by atoms with E-state index in [9.17, 15) is 29.7 Å². The number of nitrogens with one attached hydrogen (secondary N) is 4. The van der Waals surface area contributed by atoms with Gasteiger partial charge in [-0.1, -0.05) is 49.8 Å². The van der Waals surface area contributed by atoms with Gasteiger partial charge in [0.25, 0.3) is 0 Å². The third-order valence-corrected chi connectivity index (χ3v) is 9.84. The van der Waals surface area contributed by atoms with E-state index < -0.39 is 24.2 Å². The predicted octanol–water partition coefficient (Wildman–Crippen LogP) is 4.01. The summed E-state index contributed by atoms with van der Waals surface area (Å²) >= 11 is 0. The third-order valence-electron chi connectivity index (χ3n) is 9.84. The Bertz CT molecular complexity index is 1230. The summed E-state index contributed by atoms with van der Waals surface area (Å²) in [6.45, 7) is 8.08. The summed E-state index contributed by atoms with van der Waals surface area (Å²) in [5, 5.41) is 61.4. The topological polar surface area (TPSA) is 257 Å². The maximum atomic E-state index is 12.0. The van der Waals surface area contributed by atoms with Crippen molar-refractivity contribution in [3.63, 3.8) is 0 Å². The fourth-order valence-corrected chi connectivity index (χ4v) is 6.02. The number of hydrogen-bond acceptors (Lipinski definition) is 12. The van der Waals surface area contributed by atoms with Gasteiger partial charge in [0.2, 0.25) is 5.91 Å². The van der Waals surface area contributed by atoms with E-state index in [2.05, 4.69) is 34.0 Å². The number of rotatable bonds is 32. The zero-order valence-electron chi connectivity index (χ0n) is 35.7. The molecule has 334 valence electrons. The van der Waals surface area contributed by atoms with Crippen LogP contribution in [0.2, 0.25) is 0 Å². The Hall–Kier alpha value is -3.50. The minimum Gasteiger partial charge on any atom is -0.480 e. The maximum absolute atomic E-state index is 12.0. The van der Waals surface area contributed by atoms with E-state index in [0.29, 0.717) is 38.4 Å². The molecule has 0 bridgehead atoms. The van der Waals surface area contributed by atoms with Crippen molar-refractivity contribution in [3.8, 4) is 0 Å². The highest BCUT2D eigenvalue weighted by Crippen LogP contribution is 2.55. The summed E-state index contributed by atoms with van der Waals surface area (Å²) in [5.41, 5.74) is 8.53. The van der Waals surface area contributed by atoms with Gasteiger partial charge >= 0.3 is 5.97 Å². The lowest BCUT2D eigenvalue weighted by Crippen LogP contribution is -2.40. The molecule has 1 amide bonds. The number of nitrogens with two attached hydrogens (primary N) is 1. The normalized spacial score (nSPS) is 16.4. The second kappa shape index (κ2) is 36.6. The molecule has 3 unspecified atom stereocenters. The Kier molecular flexibility index (Phi) is 35.7. The molecule has 1 rings (SSSR count). The van der Waals surface area contributed by atoms with Crippen LogP contribution >= 0.6 is 0 Å². The summed E-state index contributed by atoms with van der Waals surface area (Å²) in [5.74, 6) is -1.15. The first-order valence-corrected chi connectivity index (χ1v) is 20.4. The quantitative estimate of drug-likeness (QED) is 0.00674. The van der Waals surface area contributed by atoms with E-state index in [-0.39, 0.29) is 48.9 Å². The van der Waals surface area contributed by atoms with Crippen molar-refractivity contribution in [2.24, 2.45) is 17.1 Å². The van der Waals surface area contributed by atoms with Crippen molar-refractivity contribution in [1.82, 2.24) is 16.0 Å². The summed E-state index contributed by atoms with van der Waals surface area (Å²) in [6.07, 6.45) is 21.2. The number of carbonyl (C=O) groups excluding carboxylic acids is 2. The molecule has 0 spiro atoms. The lowest BCUT2D eigenvalue weighted by molar-refractivity contribution is -0.141. The van der Waals surface area contributed by atoms with Crippen LogP contribution in [0.1, 0.15) is 110 Å². The van der Waals surface area contributed by atoms with Gasteiger partial charge in [0.15, 0.2) is 0 Å². The second-order valence-electron chi connectivity index (χ2n) is 14.7. The summed E-state index contributed by atoms with van der Waals surface area (Å²) in [7, 11) is 5.38. The molecular formula is C43H77N5O10. The van der Waals surface area contributed by atoms with E-state index in [4.69, 9.17) is 25.1 Å². The SMILES string of the molecule is C=C(CCC(O)C=O)C[C@@H](C)C(C)O.CNCCCC[C@H](NC(=O)C/C=C/C=C/CC=C=C[C@@H](O)C[C@@H](OC)C1(CCCCC(NC)OCO)CC1)C(=O)O.N=CN. The lowest BCUT2D eigenvalue weighted by Gasteiger charge is -2.27. The fraction of sp³-hybridized carbons (Fsp3) is 0.698. The third kappa shape index (κ3) is 30.6. The number of ether oxygens (including phenoxy) is 2. The highest BCUT2D eigenvalue weighted by molar-refractivity contribution is 5.84. The van der Waals surface area contributed by atoms with E-state index in [0.717, 1.165) is 76.2 Å².